The fraction of sp³-hybridized carbons (Fsp3) is 0.333. The first-order chi connectivity index (χ1) is 16.3. The molecule has 3 heteroatoms. The van der Waals surface area contributed by atoms with Crippen LogP contribution in [0.5, 0.6) is 5.75 Å². The van der Waals surface area contributed by atoms with Crippen molar-refractivity contribution in [3.8, 4) is 5.75 Å². The molecule has 1 aliphatic rings. The summed E-state index contributed by atoms with van der Waals surface area (Å²) in [7, 11) is 0. The Kier molecular flexibility index (Phi) is 7.08. The minimum absolute atomic E-state index is 0.779. The van der Waals surface area contributed by atoms with E-state index in [1.807, 2.05) is 0 Å². The quantitative estimate of drug-likeness (QED) is 0.281. The molecule has 0 N–H and O–H groups in total. The summed E-state index contributed by atoms with van der Waals surface area (Å²) in [5.74, 6) is 1.81. The van der Waals surface area contributed by atoms with Crippen molar-refractivity contribution in [2.24, 2.45) is 5.92 Å². The van der Waals surface area contributed by atoms with Crippen molar-refractivity contribution < 1.29 is 4.74 Å². The Morgan fingerprint density at radius 2 is 1.42 bits per heavy atom. The number of rotatable bonds is 9. The molecule has 5 rings (SSSR count). The lowest BCUT2D eigenvalue weighted by molar-refractivity contribution is 0.162. The van der Waals surface area contributed by atoms with Crippen molar-refractivity contribution in [2.75, 3.05) is 26.2 Å². The van der Waals surface area contributed by atoms with Crippen LogP contribution in [0, 0.1) is 5.92 Å². The molecule has 3 nitrogen and oxygen atoms in total. The molecule has 1 aliphatic heterocycles. The van der Waals surface area contributed by atoms with Crippen molar-refractivity contribution in [1.82, 2.24) is 9.47 Å². The molecule has 1 aromatic heterocycles. The number of para-hydroxylation sites is 1. The van der Waals surface area contributed by atoms with Gasteiger partial charge in [-0.05, 0) is 66.2 Å². The third kappa shape index (κ3) is 5.85. The fourth-order valence-corrected chi connectivity index (χ4v) is 5.01. The molecule has 33 heavy (non-hydrogen) atoms. The molecule has 0 atom stereocenters. The summed E-state index contributed by atoms with van der Waals surface area (Å²) in [5.41, 5.74) is 2.59. The average molecular weight is 439 g/mol. The lowest BCUT2D eigenvalue weighted by Crippen LogP contribution is -2.36. The predicted octanol–water partition coefficient (Wildman–Crippen LogP) is 6.41. The minimum atomic E-state index is 0.779. The van der Waals surface area contributed by atoms with E-state index in [-0.39, 0.29) is 0 Å². The smallest absolute Gasteiger partial charge is 0.122 e. The van der Waals surface area contributed by atoms with Gasteiger partial charge in [-0.3, -0.25) is 0 Å². The SMILES string of the molecule is c1ccc(Cc2ccccc2OCCCN2CCC(Cn3cc4ccccc4c3)CC2)cc1. The van der Waals surface area contributed by atoms with Crippen LogP contribution in [0.25, 0.3) is 10.8 Å². The van der Waals surface area contributed by atoms with Crippen molar-refractivity contribution in [2.45, 2.75) is 32.2 Å². The molecule has 0 radical (unpaired) electrons. The van der Waals surface area contributed by atoms with Gasteiger partial charge in [0.2, 0.25) is 0 Å². The molecule has 1 saturated heterocycles. The van der Waals surface area contributed by atoms with Gasteiger partial charge in [0, 0.05) is 31.9 Å². The third-order valence-electron chi connectivity index (χ3n) is 6.87. The molecule has 0 unspecified atom stereocenters. The van der Waals surface area contributed by atoms with Crippen LogP contribution in [0.2, 0.25) is 0 Å². The van der Waals surface area contributed by atoms with Gasteiger partial charge in [-0.25, -0.2) is 0 Å². The molecule has 3 aromatic carbocycles. The second-order valence-corrected chi connectivity index (χ2v) is 9.34. The highest BCUT2D eigenvalue weighted by Crippen LogP contribution is 2.23. The summed E-state index contributed by atoms with van der Waals surface area (Å²) in [6, 6.07) is 27.7. The molecular formula is C30H34N2O. The van der Waals surface area contributed by atoms with E-state index in [4.69, 9.17) is 4.74 Å². The van der Waals surface area contributed by atoms with E-state index in [1.54, 1.807) is 0 Å². The second kappa shape index (κ2) is 10.7. The third-order valence-corrected chi connectivity index (χ3v) is 6.87. The first kappa shape index (κ1) is 21.8. The highest BCUT2D eigenvalue weighted by Gasteiger charge is 2.19. The number of fused-ring (bicyclic) bond motifs is 1. The highest BCUT2D eigenvalue weighted by molar-refractivity contribution is 5.82. The number of aromatic nitrogens is 1. The summed E-state index contributed by atoms with van der Waals surface area (Å²) in [6.45, 7) is 5.46. The van der Waals surface area contributed by atoms with Gasteiger partial charge in [0.15, 0.2) is 0 Å². The largest absolute Gasteiger partial charge is 0.493 e. The number of hydrogen-bond acceptors (Lipinski definition) is 2. The minimum Gasteiger partial charge on any atom is -0.493 e. The Balaban J connectivity index is 1.04. The molecule has 0 amide bonds. The van der Waals surface area contributed by atoms with Gasteiger partial charge >= 0.3 is 0 Å². The van der Waals surface area contributed by atoms with Crippen molar-refractivity contribution >= 4 is 10.8 Å². The molecule has 1 fully saturated rings. The van der Waals surface area contributed by atoms with Crippen LogP contribution in [-0.4, -0.2) is 35.7 Å². The Morgan fingerprint density at radius 3 is 2.18 bits per heavy atom. The Hall–Kier alpha value is -3.04. The Labute approximate surface area is 197 Å². The van der Waals surface area contributed by atoms with Gasteiger partial charge in [0.05, 0.1) is 6.61 Å². The number of benzene rings is 3. The van der Waals surface area contributed by atoms with Gasteiger partial charge in [-0.2, -0.15) is 0 Å². The lowest BCUT2D eigenvalue weighted by atomic mass is 9.96. The number of piperidine rings is 1. The molecule has 2 heterocycles. The van der Waals surface area contributed by atoms with Gasteiger partial charge in [-0.1, -0.05) is 72.8 Å². The van der Waals surface area contributed by atoms with Crippen LogP contribution in [0.15, 0.2) is 91.3 Å². The van der Waals surface area contributed by atoms with E-state index in [0.29, 0.717) is 0 Å². The molecule has 0 spiro atoms. The maximum absolute atomic E-state index is 6.20. The second-order valence-electron chi connectivity index (χ2n) is 9.34. The summed E-state index contributed by atoms with van der Waals surface area (Å²) in [4.78, 5) is 2.61. The maximum atomic E-state index is 6.20. The molecule has 0 saturated carbocycles. The van der Waals surface area contributed by atoms with E-state index in [2.05, 4.69) is 101 Å². The van der Waals surface area contributed by atoms with Crippen LogP contribution in [0.4, 0.5) is 0 Å². The van der Waals surface area contributed by atoms with Crippen molar-refractivity contribution in [3.05, 3.63) is 102 Å². The van der Waals surface area contributed by atoms with E-state index in [0.717, 1.165) is 44.2 Å². The Morgan fingerprint density at radius 1 is 0.758 bits per heavy atom. The molecule has 170 valence electrons. The normalized spacial score (nSPS) is 15.2. The van der Waals surface area contributed by atoms with Gasteiger partial charge in [-0.15, -0.1) is 0 Å². The van der Waals surface area contributed by atoms with Gasteiger partial charge in [0.1, 0.15) is 5.75 Å². The zero-order valence-corrected chi connectivity index (χ0v) is 19.4. The number of nitrogens with zero attached hydrogens (tertiary/aromatic N) is 2. The van der Waals surface area contributed by atoms with Crippen LogP contribution in [0.3, 0.4) is 0 Å². The highest BCUT2D eigenvalue weighted by atomic mass is 16.5. The monoisotopic (exact) mass is 438 g/mol. The number of likely N-dealkylation sites (tertiary alicyclic amines) is 1. The molecule has 4 aromatic rings. The maximum Gasteiger partial charge on any atom is 0.122 e. The summed E-state index contributed by atoms with van der Waals surface area (Å²) in [5, 5.41) is 2.69. The zero-order chi connectivity index (χ0) is 22.3. The van der Waals surface area contributed by atoms with E-state index < -0.39 is 0 Å². The molecule has 0 bridgehead atoms. The van der Waals surface area contributed by atoms with E-state index in [9.17, 15) is 0 Å². The number of hydrogen-bond donors (Lipinski definition) is 0. The average Bonchev–Trinajstić information content (AvgIpc) is 3.27. The Bertz CT molecular complexity index is 1110. The molecule has 0 aliphatic carbocycles. The van der Waals surface area contributed by atoms with E-state index in [1.165, 1.54) is 47.8 Å². The van der Waals surface area contributed by atoms with Crippen LogP contribution >= 0.6 is 0 Å². The summed E-state index contributed by atoms with van der Waals surface area (Å²) < 4.78 is 8.59. The lowest BCUT2D eigenvalue weighted by Gasteiger charge is -2.32. The first-order valence-electron chi connectivity index (χ1n) is 12.3. The topological polar surface area (TPSA) is 17.4 Å². The standard InChI is InChI=1S/C30H34N2O/c1-2-9-25(10-3-1)21-27-11-6-7-14-30(27)33-20-8-17-31-18-15-26(16-19-31)22-32-23-28-12-4-5-13-29(28)24-32/h1-7,9-14,23-24,26H,8,15-22H2. The first-order valence-corrected chi connectivity index (χ1v) is 12.3. The summed E-state index contributed by atoms with van der Waals surface area (Å²) in [6.07, 6.45) is 9.17. The van der Waals surface area contributed by atoms with Crippen LogP contribution < -0.4 is 4.74 Å². The molecular weight excluding hydrogens is 404 g/mol. The number of ether oxygens (including phenoxy) is 1. The van der Waals surface area contributed by atoms with Crippen LogP contribution in [0.1, 0.15) is 30.4 Å². The van der Waals surface area contributed by atoms with Crippen molar-refractivity contribution in [1.29, 1.82) is 0 Å². The zero-order valence-electron chi connectivity index (χ0n) is 19.4. The van der Waals surface area contributed by atoms with Gasteiger partial charge < -0.3 is 14.2 Å². The fourth-order valence-electron chi connectivity index (χ4n) is 5.01. The van der Waals surface area contributed by atoms with E-state index >= 15 is 0 Å². The van der Waals surface area contributed by atoms with Crippen LogP contribution in [-0.2, 0) is 13.0 Å². The van der Waals surface area contributed by atoms with Gasteiger partial charge in [0.25, 0.3) is 0 Å². The van der Waals surface area contributed by atoms with Crippen molar-refractivity contribution in [3.63, 3.8) is 0 Å². The summed E-state index contributed by atoms with van der Waals surface area (Å²) >= 11 is 0. The predicted molar refractivity (Wildman–Crippen MR) is 137 cm³/mol.